The molecule has 0 aliphatic rings. The van der Waals surface area contributed by atoms with Crippen molar-refractivity contribution in [3.8, 4) is 10.6 Å². The molecular weight excluding hydrogens is 312 g/mol. The van der Waals surface area contributed by atoms with E-state index < -0.39 is 0 Å². The van der Waals surface area contributed by atoms with E-state index in [-0.39, 0.29) is 11.9 Å². The van der Waals surface area contributed by atoms with Crippen LogP contribution in [0, 0.1) is 0 Å². The number of nitrogens with zero attached hydrogens (tertiary/aromatic N) is 5. The lowest BCUT2D eigenvalue weighted by molar-refractivity contribution is 0.0945. The van der Waals surface area contributed by atoms with Gasteiger partial charge in [-0.15, -0.1) is 15.3 Å². The predicted molar refractivity (Wildman–Crippen MR) is 86.9 cm³/mol. The van der Waals surface area contributed by atoms with Crippen LogP contribution >= 0.6 is 11.3 Å². The van der Waals surface area contributed by atoms with Crippen molar-refractivity contribution >= 4 is 17.2 Å². The van der Waals surface area contributed by atoms with Crippen molar-refractivity contribution in [1.82, 2.24) is 30.5 Å². The Morgan fingerprint density at radius 3 is 2.70 bits per heavy atom. The lowest BCUT2D eigenvalue weighted by Crippen LogP contribution is -2.23. The molecule has 0 aliphatic heterocycles. The maximum atomic E-state index is 12.1. The highest BCUT2D eigenvalue weighted by molar-refractivity contribution is 7.14. The molecule has 118 valence electrons. The normalized spacial score (nSPS) is 10.9. The number of carbonyl (C=O) groups excluding carboxylic acids is 1. The molecule has 0 radical (unpaired) electrons. The summed E-state index contributed by atoms with van der Waals surface area (Å²) in [5.41, 5.74) is 1.31. The van der Waals surface area contributed by atoms with E-state index >= 15 is 0 Å². The maximum absolute atomic E-state index is 12.1. The summed E-state index contributed by atoms with van der Waals surface area (Å²) < 4.78 is 1.65. The second-order valence-electron chi connectivity index (χ2n) is 5.23. The van der Waals surface area contributed by atoms with E-state index in [4.69, 9.17) is 0 Å². The third kappa shape index (κ3) is 3.59. The van der Waals surface area contributed by atoms with Gasteiger partial charge in [-0.25, -0.2) is 4.68 Å². The summed E-state index contributed by atoms with van der Waals surface area (Å²) in [6.45, 7) is 4.27. The molecule has 2 aromatic heterocycles. The van der Waals surface area contributed by atoms with Crippen LogP contribution in [0.3, 0.4) is 0 Å². The third-order valence-corrected chi connectivity index (χ3v) is 4.13. The smallest absolute Gasteiger partial charge is 0.273 e. The Bertz CT molecular complexity index is 795. The van der Waals surface area contributed by atoms with Gasteiger partial charge in [0.25, 0.3) is 5.91 Å². The SMILES string of the molecule is CC(C)n1cc(C(=O)NCc2nnc(-c3ccccc3)s2)nn1. The number of hydrogen-bond donors (Lipinski definition) is 1. The topological polar surface area (TPSA) is 85.6 Å². The third-order valence-electron chi connectivity index (χ3n) is 3.16. The molecule has 8 heteroatoms. The number of aromatic nitrogens is 5. The van der Waals surface area contributed by atoms with Gasteiger partial charge >= 0.3 is 0 Å². The molecule has 7 nitrogen and oxygen atoms in total. The molecule has 2 heterocycles. The molecule has 3 rings (SSSR count). The van der Waals surface area contributed by atoms with Gasteiger partial charge in [-0.2, -0.15) is 0 Å². The van der Waals surface area contributed by atoms with E-state index in [2.05, 4.69) is 25.8 Å². The van der Waals surface area contributed by atoms with E-state index in [0.29, 0.717) is 12.2 Å². The van der Waals surface area contributed by atoms with Crippen LogP contribution < -0.4 is 5.32 Å². The molecule has 0 bridgehead atoms. The molecule has 3 aromatic rings. The Hall–Kier alpha value is -2.61. The number of rotatable bonds is 5. The molecular formula is C15H16N6OS. The summed E-state index contributed by atoms with van der Waals surface area (Å²) in [5, 5.41) is 20.4. The van der Waals surface area contributed by atoms with Crippen LogP contribution in [0.2, 0.25) is 0 Å². The second kappa shape index (κ2) is 6.66. The minimum Gasteiger partial charge on any atom is -0.344 e. The number of benzene rings is 1. The molecule has 0 saturated carbocycles. The summed E-state index contributed by atoms with van der Waals surface area (Å²) >= 11 is 1.46. The number of amides is 1. The Labute approximate surface area is 137 Å². The van der Waals surface area contributed by atoms with Gasteiger partial charge in [0, 0.05) is 11.6 Å². The highest BCUT2D eigenvalue weighted by atomic mass is 32.1. The van der Waals surface area contributed by atoms with E-state index in [1.807, 2.05) is 44.2 Å². The van der Waals surface area contributed by atoms with Crippen LogP contribution in [0.1, 0.15) is 35.4 Å². The van der Waals surface area contributed by atoms with Crippen molar-refractivity contribution < 1.29 is 4.79 Å². The first-order valence-electron chi connectivity index (χ1n) is 7.21. The molecule has 0 saturated heterocycles. The van der Waals surface area contributed by atoms with Gasteiger partial charge in [0.2, 0.25) is 0 Å². The summed E-state index contributed by atoms with van der Waals surface area (Å²) in [4.78, 5) is 12.1. The summed E-state index contributed by atoms with van der Waals surface area (Å²) in [5.74, 6) is -0.270. The van der Waals surface area contributed by atoms with E-state index in [1.165, 1.54) is 11.3 Å². The zero-order chi connectivity index (χ0) is 16.2. The van der Waals surface area contributed by atoms with Gasteiger partial charge in [-0.3, -0.25) is 4.79 Å². The highest BCUT2D eigenvalue weighted by Gasteiger charge is 2.13. The van der Waals surface area contributed by atoms with Crippen molar-refractivity contribution in [2.75, 3.05) is 0 Å². The van der Waals surface area contributed by atoms with Crippen molar-refractivity contribution in [1.29, 1.82) is 0 Å². The largest absolute Gasteiger partial charge is 0.344 e. The Kier molecular flexibility index (Phi) is 4.42. The van der Waals surface area contributed by atoms with Gasteiger partial charge in [0.15, 0.2) is 5.69 Å². The van der Waals surface area contributed by atoms with Gasteiger partial charge in [0.05, 0.1) is 12.7 Å². The van der Waals surface area contributed by atoms with Crippen LogP contribution in [0.15, 0.2) is 36.5 Å². The average molecular weight is 328 g/mol. The Morgan fingerprint density at radius 2 is 2.00 bits per heavy atom. The molecule has 0 fully saturated rings. The fourth-order valence-electron chi connectivity index (χ4n) is 1.90. The van der Waals surface area contributed by atoms with Crippen LogP contribution in [0.4, 0.5) is 0 Å². The number of hydrogen-bond acceptors (Lipinski definition) is 6. The average Bonchev–Trinajstić information content (AvgIpc) is 3.23. The zero-order valence-corrected chi connectivity index (χ0v) is 13.6. The Morgan fingerprint density at radius 1 is 1.22 bits per heavy atom. The Balaban J connectivity index is 1.62. The maximum Gasteiger partial charge on any atom is 0.273 e. The first-order valence-corrected chi connectivity index (χ1v) is 8.03. The van der Waals surface area contributed by atoms with Crippen molar-refractivity contribution in [2.45, 2.75) is 26.4 Å². The molecule has 1 amide bonds. The number of nitrogens with one attached hydrogen (secondary N) is 1. The van der Waals surface area contributed by atoms with Crippen molar-refractivity contribution in [2.24, 2.45) is 0 Å². The molecule has 0 unspecified atom stereocenters. The quantitative estimate of drug-likeness (QED) is 0.777. The lowest BCUT2D eigenvalue weighted by Gasteiger charge is -2.01. The monoisotopic (exact) mass is 328 g/mol. The van der Waals surface area contributed by atoms with Crippen LogP contribution in [0.5, 0.6) is 0 Å². The van der Waals surface area contributed by atoms with Gasteiger partial charge in [0.1, 0.15) is 10.0 Å². The molecule has 23 heavy (non-hydrogen) atoms. The fourth-order valence-corrected chi connectivity index (χ4v) is 2.69. The minimum absolute atomic E-state index is 0.167. The fraction of sp³-hybridized carbons (Fsp3) is 0.267. The number of carbonyl (C=O) groups is 1. The highest BCUT2D eigenvalue weighted by Crippen LogP contribution is 2.22. The van der Waals surface area contributed by atoms with Crippen molar-refractivity contribution in [3.05, 3.63) is 47.2 Å². The standard InChI is InChI=1S/C15H16N6OS/c1-10(2)21-9-12(17-20-21)14(22)16-8-13-18-19-15(23-13)11-6-4-3-5-7-11/h3-7,9-10H,8H2,1-2H3,(H,16,22). The first-order chi connectivity index (χ1) is 11.1. The zero-order valence-electron chi connectivity index (χ0n) is 12.8. The second-order valence-corrected chi connectivity index (χ2v) is 6.29. The van der Waals surface area contributed by atoms with Crippen LogP contribution in [-0.2, 0) is 6.54 Å². The van der Waals surface area contributed by atoms with E-state index in [9.17, 15) is 4.79 Å². The van der Waals surface area contributed by atoms with Gasteiger partial charge in [-0.05, 0) is 13.8 Å². The molecule has 0 aliphatic carbocycles. The predicted octanol–water partition coefficient (Wildman–Crippen LogP) is 2.31. The summed E-state index contributed by atoms with van der Waals surface area (Å²) in [7, 11) is 0. The van der Waals surface area contributed by atoms with E-state index in [1.54, 1.807) is 10.9 Å². The first kappa shape index (κ1) is 15.3. The van der Waals surface area contributed by atoms with Crippen LogP contribution in [0.25, 0.3) is 10.6 Å². The van der Waals surface area contributed by atoms with Gasteiger partial charge < -0.3 is 5.32 Å². The molecule has 1 aromatic carbocycles. The summed E-state index contributed by atoms with van der Waals surface area (Å²) in [6.07, 6.45) is 1.63. The van der Waals surface area contributed by atoms with Crippen molar-refractivity contribution in [3.63, 3.8) is 0 Å². The molecule has 0 atom stereocenters. The summed E-state index contributed by atoms with van der Waals surface area (Å²) in [6, 6.07) is 9.99. The molecule has 0 spiro atoms. The molecule has 1 N–H and O–H groups in total. The lowest BCUT2D eigenvalue weighted by atomic mass is 10.2. The van der Waals surface area contributed by atoms with E-state index in [0.717, 1.165) is 15.6 Å². The van der Waals surface area contributed by atoms with Gasteiger partial charge in [-0.1, -0.05) is 46.9 Å². The van der Waals surface area contributed by atoms with Crippen LogP contribution in [-0.4, -0.2) is 31.1 Å². The minimum atomic E-state index is -0.270.